The molecular formula is C19H19N3O2. The van der Waals surface area contributed by atoms with Gasteiger partial charge in [-0.15, -0.1) is 0 Å². The van der Waals surface area contributed by atoms with Crippen LogP contribution in [0.25, 0.3) is 5.65 Å². The van der Waals surface area contributed by atoms with Crippen molar-refractivity contribution < 1.29 is 4.79 Å². The average Bonchev–Trinajstić information content (AvgIpc) is 2.56. The number of nitrogens with zero attached hydrogens (tertiary/aromatic N) is 3. The minimum Gasteiger partial charge on any atom is -0.306 e. The van der Waals surface area contributed by atoms with Crippen LogP contribution in [0.2, 0.25) is 0 Å². The number of amides is 1. The van der Waals surface area contributed by atoms with E-state index in [1.54, 1.807) is 17.2 Å². The Labute approximate surface area is 140 Å². The van der Waals surface area contributed by atoms with Crippen molar-refractivity contribution in [3.05, 3.63) is 76.3 Å². The second kappa shape index (κ2) is 6.28. The predicted octanol–water partition coefficient (Wildman–Crippen LogP) is 3.06. The van der Waals surface area contributed by atoms with Gasteiger partial charge < -0.3 is 4.90 Å². The number of anilines is 1. The molecule has 0 fully saturated rings. The van der Waals surface area contributed by atoms with Crippen LogP contribution in [-0.4, -0.2) is 21.3 Å². The highest BCUT2D eigenvalue weighted by molar-refractivity contribution is 6.06. The lowest BCUT2D eigenvalue weighted by molar-refractivity contribution is 0.0978. The Bertz CT molecular complexity index is 946. The van der Waals surface area contributed by atoms with Crippen molar-refractivity contribution in [1.82, 2.24) is 9.38 Å². The van der Waals surface area contributed by atoms with E-state index in [9.17, 15) is 9.59 Å². The molecule has 2 aromatic heterocycles. The maximum Gasteiger partial charge on any atom is 0.270 e. The van der Waals surface area contributed by atoms with Crippen molar-refractivity contribution in [2.45, 2.75) is 26.8 Å². The second-order valence-electron chi connectivity index (χ2n) is 5.97. The summed E-state index contributed by atoms with van der Waals surface area (Å²) in [4.78, 5) is 31.7. The predicted molar refractivity (Wildman–Crippen MR) is 94.6 cm³/mol. The number of rotatable bonds is 3. The van der Waals surface area contributed by atoms with Crippen LogP contribution in [0.5, 0.6) is 0 Å². The fourth-order valence-electron chi connectivity index (χ4n) is 2.76. The van der Waals surface area contributed by atoms with Gasteiger partial charge in [0.2, 0.25) is 0 Å². The SMILES string of the molecule is Cc1cccn2c(=O)c(C(=O)N(c3ccccc3)C(C)C)cnc12. The number of hydrogen-bond donors (Lipinski definition) is 0. The van der Waals surface area contributed by atoms with Crippen LogP contribution in [0, 0.1) is 6.92 Å². The Hall–Kier alpha value is -2.95. The fraction of sp³-hybridized carbons (Fsp3) is 0.211. The highest BCUT2D eigenvalue weighted by atomic mass is 16.2. The van der Waals surface area contributed by atoms with E-state index in [1.807, 2.05) is 57.2 Å². The minimum absolute atomic E-state index is 0.0654. The number of fused-ring (bicyclic) bond motifs is 1. The van der Waals surface area contributed by atoms with Gasteiger partial charge in [-0.2, -0.15) is 0 Å². The molecular weight excluding hydrogens is 302 g/mol. The molecule has 0 N–H and O–H groups in total. The Morgan fingerprint density at radius 3 is 2.50 bits per heavy atom. The van der Waals surface area contributed by atoms with Crippen LogP contribution < -0.4 is 10.5 Å². The van der Waals surface area contributed by atoms with Crippen molar-refractivity contribution >= 4 is 17.2 Å². The number of aromatic nitrogens is 2. The van der Waals surface area contributed by atoms with Gasteiger partial charge in [-0.3, -0.25) is 14.0 Å². The zero-order valence-electron chi connectivity index (χ0n) is 13.9. The van der Waals surface area contributed by atoms with Crippen LogP contribution in [0.1, 0.15) is 29.8 Å². The highest BCUT2D eigenvalue weighted by Crippen LogP contribution is 2.18. The van der Waals surface area contributed by atoms with Crippen molar-refractivity contribution in [2.24, 2.45) is 0 Å². The molecule has 0 saturated carbocycles. The van der Waals surface area contributed by atoms with Crippen LogP contribution in [0.4, 0.5) is 5.69 Å². The molecule has 0 saturated heterocycles. The maximum absolute atomic E-state index is 13.0. The molecule has 0 aliphatic heterocycles. The average molecular weight is 321 g/mol. The van der Waals surface area contributed by atoms with Crippen molar-refractivity contribution in [1.29, 1.82) is 0 Å². The smallest absolute Gasteiger partial charge is 0.270 e. The van der Waals surface area contributed by atoms with Gasteiger partial charge in [-0.1, -0.05) is 24.3 Å². The molecule has 0 spiro atoms. The quantitative estimate of drug-likeness (QED) is 0.745. The molecule has 0 aliphatic carbocycles. The number of carbonyl (C=O) groups is 1. The molecule has 3 aromatic rings. The molecule has 122 valence electrons. The zero-order chi connectivity index (χ0) is 17.3. The van der Waals surface area contributed by atoms with Crippen molar-refractivity contribution in [3.63, 3.8) is 0 Å². The summed E-state index contributed by atoms with van der Waals surface area (Å²) < 4.78 is 1.42. The summed E-state index contributed by atoms with van der Waals surface area (Å²) >= 11 is 0. The van der Waals surface area contributed by atoms with Crippen LogP contribution in [0.3, 0.4) is 0 Å². The van der Waals surface area contributed by atoms with E-state index in [1.165, 1.54) is 10.6 Å². The number of hydrogen-bond acceptors (Lipinski definition) is 3. The first-order valence-electron chi connectivity index (χ1n) is 7.86. The fourth-order valence-corrected chi connectivity index (χ4v) is 2.76. The third-order valence-electron chi connectivity index (χ3n) is 3.93. The Balaban J connectivity index is 2.14. The Morgan fingerprint density at radius 1 is 1.12 bits per heavy atom. The zero-order valence-corrected chi connectivity index (χ0v) is 13.9. The topological polar surface area (TPSA) is 54.7 Å². The first kappa shape index (κ1) is 15.9. The highest BCUT2D eigenvalue weighted by Gasteiger charge is 2.24. The van der Waals surface area contributed by atoms with Gasteiger partial charge in [0.05, 0.1) is 0 Å². The van der Waals surface area contributed by atoms with E-state index < -0.39 is 0 Å². The molecule has 0 radical (unpaired) electrons. The first-order valence-corrected chi connectivity index (χ1v) is 7.86. The minimum atomic E-state index is -0.352. The molecule has 0 unspecified atom stereocenters. The van der Waals surface area contributed by atoms with Gasteiger partial charge >= 0.3 is 0 Å². The molecule has 1 aromatic carbocycles. The normalized spacial score (nSPS) is 11.0. The first-order chi connectivity index (χ1) is 11.5. The molecule has 0 bridgehead atoms. The molecule has 5 heteroatoms. The summed E-state index contributed by atoms with van der Waals surface area (Å²) in [5, 5.41) is 0. The monoisotopic (exact) mass is 321 g/mol. The summed E-state index contributed by atoms with van der Waals surface area (Å²) in [5.74, 6) is -0.343. The molecule has 2 heterocycles. The molecule has 1 amide bonds. The standard InChI is InChI=1S/C19H19N3O2/c1-13(2)22(15-9-5-4-6-10-15)19(24)16-12-20-17-14(3)8-7-11-21(17)18(16)23/h4-13H,1-3H3. The van der Waals surface area contributed by atoms with Gasteiger partial charge in [-0.25, -0.2) is 4.98 Å². The van der Waals surface area contributed by atoms with Gasteiger partial charge in [-0.05, 0) is 44.5 Å². The summed E-state index contributed by atoms with van der Waals surface area (Å²) in [5.41, 5.74) is 1.92. The molecule has 3 rings (SSSR count). The van der Waals surface area contributed by atoms with E-state index in [0.29, 0.717) is 5.65 Å². The lowest BCUT2D eigenvalue weighted by atomic mass is 10.2. The van der Waals surface area contributed by atoms with Gasteiger partial charge in [0.15, 0.2) is 0 Å². The number of pyridine rings is 1. The number of benzene rings is 1. The van der Waals surface area contributed by atoms with Gasteiger partial charge in [0.25, 0.3) is 11.5 Å². The van der Waals surface area contributed by atoms with Gasteiger partial charge in [0.1, 0.15) is 11.2 Å². The molecule has 24 heavy (non-hydrogen) atoms. The van der Waals surface area contributed by atoms with E-state index in [-0.39, 0.29) is 23.1 Å². The lowest BCUT2D eigenvalue weighted by Gasteiger charge is -2.26. The van der Waals surface area contributed by atoms with E-state index in [0.717, 1.165) is 11.3 Å². The van der Waals surface area contributed by atoms with Crippen LogP contribution in [0.15, 0.2) is 59.7 Å². The van der Waals surface area contributed by atoms with E-state index in [4.69, 9.17) is 0 Å². The summed E-state index contributed by atoms with van der Waals surface area (Å²) in [6.45, 7) is 5.72. The second-order valence-corrected chi connectivity index (χ2v) is 5.97. The van der Waals surface area contributed by atoms with Crippen molar-refractivity contribution in [2.75, 3.05) is 4.90 Å². The van der Waals surface area contributed by atoms with Crippen LogP contribution in [-0.2, 0) is 0 Å². The Kier molecular flexibility index (Phi) is 4.16. The number of aryl methyl sites for hydroxylation is 1. The maximum atomic E-state index is 13.0. The third-order valence-corrected chi connectivity index (χ3v) is 3.93. The molecule has 0 atom stereocenters. The largest absolute Gasteiger partial charge is 0.306 e. The van der Waals surface area contributed by atoms with Crippen LogP contribution >= 0.6 is 0 Å². The van der Waals surface area contributed by atoms with Crippen molar-refractivity contribution in [3.8, 4) is 0 Å². The summed E-state index contributed by atoms with van der Waals surface area (Å²) in [6.07, 6.45) is 3.02. The number of para-hydroxylation sites is 1. The molecule has 5 nitrogen and oxygen atoms in total. The number of carbonyl (C=O) groups excluding carboxylic acids is 1. The molecule has 0 aliphatic rings. The summed E-state index contributed by atoms with van der Waals surface area (Å²) in [6, 6.07) is 12.9. The summed E-state index contributed by atoms with van der Waals surface area (Å²) in [7, 11) is 0. The Morgan fingerprint density at radius 2 is 1.83 bits per heavy atom. The third kappa shape index (κ3) is 2.69. The van der Waals surface area contributed by atoms with Gasteiger partial charge in [0, 0.05) is 24.1 Å². The van der Waals surface area contributed by atoms with E-state index in [2.05, 4.69) is 4.98 Å². The lowest BCUT2D eigenvalue weighted by Crippen LogP contribution is -2.40. The van der Waals surface area contributed by atoms with E-state index >= 15 is 0 Å².